The van der Waals surface area contributed by atoms with Crippen molar-refractivity contribution >= 4 is 17.8 Å². The third-order valence-electron chi connectivity index (χ3n) is 1.23. The van der Waals surface area contributed by atoms with E-state index in [2.05, 4.69) is 10.1 Å². The van der Waals surface area contributed by atoms with Crippen LogP contribution in [0.1, 0.15) is 0 Å². The van der Waals surface area contributed by atoms with Crippen molar-refractivity contribution in [2.45, 2.75) is 5.16 Å². The summed E-state index contributed by atoms with van der Waals surface area (Å²) in [6.07, 6.45) is 3.27. The SMILES string of the molecule is CSc1ncn(C(=O)N(C)C)n1. The monoisotopic (exact) mass is 186 g/mol. The predicted octanol–water partition coefficient (Wildman–Crippen LogP) is 0.530. The van der Waals surface area contributed by atoms with Crippen LogP contribution < -0.4 is 0 Å². The molecule has 0 saturated heterocycles. The van der Waals surface area contributed by atoms with Crippen molar-refractivity contribution < 1.29 is 4.79 Å². The van der Waals surface area contributed by atoms with Gasteiger partial charge in [-0.25, -0.2) is 9.78 Å². The van der Waals surface area contributed by atoms with E-state index in [9.17, 15) is 4.79 Å². The molecule has 0 bridgehead atoms. The van der Waals surface area contributed by atoms with E-state index < -0.39 is 0 Å². The van der Waals surface area contributed by atoms with Crippen LogP contribution in [0.3, 0.4) is 0 Å². The number of amides is 1. The van der Waals surface area contributed by atoms with Crippen LogP contribution in [-0.2, 0) is 0 Å². The molecule has 0 spiro atoms. The van der Waals surface area contributed by atoms with Crippen LogP contribution in [0.2, 0.25) is 0 Å². The van der Waals surface area contributed by atoms with Gasteiger partial charge in [-0.1, -0.05) is 11.8 Å². The summed E-state index contributed by atoms with van der Waals surface area (Å²) in [4.78, 5) is 16.6. The first-order valence-corrected chi connectivity index (χ1v) is 4.55. The molecule has 5 nitrogen and oxygen atoms in total. The fraction of sp³-hybridized carbons (Fsp3) is 0.500. The molecule has 0 unspecified atom stereocenters. The predicted molar refractivity (Wildman–Crippen MR) is 46.3 cm³/mol. The molecule has 0 fully saturated rings. The highest BCUT2D eigenvalue weighted by Gasteiger charge is 2.08. The Morgan fingerprint density at radius 3 is 2.75 bits per heavy atom. The molecule has 1 amide bonds. The number of nitrogens with zero attached hydrogens (tertiary/aromatic N) is 4. The average molecular weight is 186 g/mol. The summed E-state index contributed by atoms with van der Waals surface area (Å²) >= 11 is 1.40. The first-order valence-electron chi connectivity index (χ1n) is 3.32. The maximum absolute atomic E-state index is 11.3. The molecule has 1 aromatic rings. The molecular formula is C6H10N4OS. The van der Waals surface area contributed by atoms with E-state index in [1.54, 1.807) is 14.1 Å². The maximum Gasteiger partial charge on any atom is 0.345 e. The molecule has 6 heteroatoms. The molecule has 0 aromatic carbocycles. The first-order chi connectivity index (χ1) is 5.65. The maximum atomic E-state index is 11.3. The van der Waals surface area contributed by atoms with E-state index in [0.29, 0.717) is 5.16 Å². The van der Waals surface area contributed by atoms with Gasteiger partial charge in [-0.05, 0) is 6.26 Å². The zero-order chi connectivity index (χ0) is 9.14. The minimum Gasteiger partial charge on any atom is -0.329 e. The molecule has 1 aromatic heterocycles. The van der Waals surface area contributed by atoms with Gasteiger partial charge in [-0.3, -0.25) is 0 Å². The molecule has 0 atom stereocenters. The number of aromatic nitrogens is 3. The van der Waals surface area contributed by atoms with Crippen LogP contribution >= 0.6 is 11.8 Å². The average Bonchev–Trinajstić information content (AvgIpc) is 2.50. The Hall–Kier alpha value is -1.04. The van der Waals surface area contributed by atoms with Crippen molar-refractivity contribution in [3.8, 4) is 0 Å². The summed E-state index contributed by atoms with van der Waals surface area (Å²) in [6, 6.07) is -0.192. The van der Waals surface area contributed by atoms with Gasteiger partial charge in [0.1, 0.15) is 6.33 Å². The van der Waals surface area contributed by atoms with E-state index in [0.717, 1.165) is 0 Å². The molecular weight excluding hydrogens is 176 g/mol. The third kappa shape index (κ3) is 1.76. The van der Waals surface area contributed by atoms with Gasteiger partial charge in [0.15, 0.2) is 0 Å². The van der Waals surface area contributed by atoms with Gasteiger partial charge in [0.05, 0.1) is 0 Å². The molecule has 0 aliphatic carbocycles. The number of thioether (sulfide) groups is 1. The molecule has 0 saturated carbocycles. The number of hydrogen-bond acceptors (Lipinski definition) is 4. The van der Waals surface area contributed by atoms with Crippen LogP contribution in [0.15, 0.2) is 11.5 Å². The van der Waals surface area contributed by atoms with Gasteiger partial charge in [0.2, 0.25) is 5.16 Å². The smallest absolute Gasteiger partial charge is 0.329 e. The van der Waals surface area contributed by atoms with E-state index >= 15 is 0 Å². The van der Waals surface area contributed by atoms with E-state index in [1.807, 2.05) is 6.26 Å². The fourth-order valence-corrected chi connectivity index (χ4v) is 0.961. The molecule has 66 valence electrons. The van der Waals surface area contributed by atoms with Gasteiger partial charge >= 0.3 is 6.03 Å². The molecule has 12 heavy (non-hydrogen) atoms. The second-order valence-electron chi connectivity index (χ2n) is 2.35. The molecule has 1 heterocycles. The Labute approximate surface area is 74.8 Å². The van der Waals surface area contributed by atoms with Gasteiger partial charge < -0.3 is 4.90 Å². The standard InChI is InChI=1S/C6H10N4OS/c1-9(2)6(11)10-4-7-5(8-10)12-3/h4H,1-3H3. The lowest BCUT2D eigenvalue weighted by molar-refractivity contribution is 0.215. The first kappa shape index (κ1) is 9.05. The summed E-state index contributed by atoms with van der Waals surface area (Å²) < 4.78 is 1.21. The lowest BCUT2D eigenvalue weighted by Crippen LogP contribution is -2.27. The molecule has 0 radical (unpaired) electrons. The molecule has 0 aliphatic heterocycles. The summed E-state index contributed by atoms with van der Waals surface area (Å²) in [7, 11) is 3.34. The summed E-state index contributed by atoms with van der Waals surface area (Å²) in [5.41, 5.74) is 0. The highest BCUT2D eigenvalue weighted by atomic mass is 32.2. The Morgan fingerprint density at radius 1 is 1.67 bits per heavy atom. The molecule has 1 rings (SSSR count). The van der Waals surface area contributed by atoms with Crippen molar-refractivity contribution in [3.63, 3.8) is 0 Å². The van der Waals surface area contributed by atoms with Crippen LogP contribution in [-0.4, -0.2) is 46.0 Å². The Balaban J connectivity index is 2.82. The van der Waals surface area contributed by atoms with E-state index in [-0.39, 0.29) is 6.03 Å². The minimum atomic E-state index is -0.192. The van der Waals surface area contributed by atoms with E-state index in [4.69, 9.17) is 0 Å². The van der Waals surface area contributed by atoms with Crippen LogP contribution in [0, 0.1) is 0 Å². The van der Waals surface area contributed by atoms with Gasteiger partial charge in [0.25, 0.3) is 0 Å². The normalized spacial score (nSPS) is 9.92. The number of carbonyl (C=O) groups excluding carboxylic acids is 1. The second kappa shape index (κ2) is 3.57. The van der Waals surface area contributed by atoms with Crippen LogP contribution in [0.5, 0.6) is 0 Å². The summed E-state index contributed by atoms with van der Waals surface area (Å²) in [6.45, 7) is 0. The highest BCUT2D eigenvalue weighted by molar-refractivity contribution is 7.98. The van der Waals surface area contributed by atoms with Crippen molar-refractivity contribution in [2.24, 2.45) is 0 Å². The second-order valence-corrected chi connectivity index (χ2v) is 3.13. The minimum absolute atomic E-state index is 0.192. The van der Waals surface area contributed by atoms with Crippen LogP contribution in [0.25, 0.3) is 0 Å². The number of rotatable bonds is 1. The van der Waals surface area contributed by atoms with Crippen molar-refractivity contribution in [2.75, 3.05) is 20.4 Å². The lowest BCUT2D eigenvalue weighted by Gasteiger charge is -2.07. The van der Waals surface area contributed by atoms with Gasteiger partial charge in [-0.15, -0.1) is 5.10 Å². The van der Waals surface area contributed by atoms with Gasteiger partial charge in [-0.2, -0.15) is 4.68 Å². The van der Waals surface area contributed by atoms with Crippen molar-refractivity contribution in [1.29, 1.82) is 0 Å². The molecule has 0 N–H and O–H groups in total. The quantitative estimate of drug-likeness (QED) is 0.600. The summed E-state index contributed by atoms with van der Waals surface area (Å²) in [5, 5.41) is 4.53. The largest absolute Gasteiger partial charge is 0.345 e. The Kier molecular flexibility index (Phi) is 2.69. The lowest BCUT2D eigenvalue weighted by atomic mass is 10.8. The van der Waals surface area contributed by atoms with Crippen molar-refractivity contribution in [1.82, 2.24) is 19.7 Å². The zero-order valence-electron chi connectivity index (χ0n) is 7.18. The van der Waals surface area contributed by atoms with Crippen LogP contribution in [0.4, 0.5) is 4.79 Å². The summed E-state index contributed by atoms with van der Waals surface area (Å²) in [5.74, 6) is 0. The number of hydrogen-bond donors (Lipinski definition) is 0. The Bertz CT molecular complexity index is 283. The highest BCUT2D eigenvalue weighted by Crippen LogP contribution is 2.05. The fourth-order valence-electron chi connectivity index (χ4n) is 0.638. The van der Waals surface area contributed by atoms with Crippen molar-refractivity contribution in [3.05, 3.63) is 6.33 Å². The molecule has 0 aliphatic rings. The van der Waals surface area contributed by atoms with Gasteiger partial charge in [0, 0.05) is 14.1 Å². The van der Waals surface area contributed by atoms with E-state index in [1.165, 1.54) is 27.7 Å². The Morgan fingerprint density at radius 2 is 2.33 bits per heavy atom. The third-order valence-corrected chi connectivity index (χ3v) is 1.78. The number of carbonyl (C=O) groups is 1. The topological polar surface area (TPSA) is 51.0 Å². The zero-order valence-corrected chi connectivity index (χ0v) is 8.00.